The molecule has 0 aliphatic carbocycles. The normalized spacial score (nSPS) is 14.7. The van der Waals surface area contributed by atoms with Gasteiger partial charge in [-0.3, -0.25) is 9.79 Å². The second-order valence-corrected chi connectivity index (χ2v) is 7.94. The van der Waals surface area contributed by atoms with Crippen molar-refractivity contribution in [2.24, 2.45) is 4.99 Å². The number of likely N-dealkylation sites (tertiary alicyclic amines) is 1. The zero-order valence-electron chi connectivity index (χ0n) is 16.1. The van der Waals surface area contributed by atoms with Crippen LogP contribution in [0.3, 0.4) is 0 Å². The van der Waals surface area contributed by atoms with E-state index in [9.17, 15) is 4.79 Å². The number of amides is 1. The van der Waals surface area contributed by atoms with E-state index in [0.29, 0.717) is 19.5 Å². The third-order valence-corrected chi connectivity index (χ3v) is 6.05. The molecular formula is C21H28N4OS. The van der Waals surface area contributed by atoms with Gasteiger partial charge in [0.2, 0.25) is 5.91 Å². The quantitative estimate of drug-likeness (QED) is 0.569. The molecule has 144 valence electrons. The zero-order valence-corrected chi connectivity index (χ0v) is 16.9. The Hall–Kier alpha value is -2.34. The van der Waals surface area contributed by atoms with Gasteiger partial charge >= 0.3 is 0 Å². The number of nitrogens with one attached hydrogen (secondary N) is 2. The van der Waals surface area contributed by atoms with Crippen LogP contribution in [0.4, 0.5) is 0 Å². The van der Waals surface area contributed by atoms with E-state index in [4.69, 9.17) is 0 Å². The lowest BCUT2D eigenvalue weighted by molar-refractivity contribution is -0.128. The highest BCUT2D eigenvalue weighted by atomic mass is 32.1. The summed E-state index contributed by atoms with van der Waals surface area (Å²) in [5, 5.41) is 6.77. The molecule has 2 aromatic rings. The Bertz CT molecular complexity index is 799. The predicted octanol–water partition coefficient (Wildman–Crippen LogP) is 3.30. The third kappa shape index (κ3) is 5.32. The molecule has 6 heteroatoms. The number of thiophene rings is 1. The largest absolute Gasteiger partial charge is 0.352 e. The molecule has 2 heterocycles. The fourth-order valence-corrected chi connectivity index (χ4v) is 4.14. The molecule has 0 bridgehead atoms. The van der Waals surface area contributed by atoms with Crippen LogP contribution in [0.2, 0.25) is 0 Å². The van der Waals surface area contributed by atoms with Crippen molar-refractivity contribution in [1.82, 2.24) is 15.5 Å². The number of carbonyl (C=O) groups is 1. The standard InChI is InChI=1S/C21H28N4OS/c1-3-18-10-11-19(27-18)14-24-21(22-2)23-13-16-7-4-5-8-17(16)15-25-12-6-9-20(25)26/h4-5,7-8,10-11H,3,6,9,12-15H2,1-2H3,(H2,22,23,24). The van der Waals surface area contributed by atoms with Gasteiger partial charge in [0.05, 0.1) is 6.54 Å². The van der Waals surface area contributed by atoms with Crippen LogP contribution in [0, 0.1) is 0 Å². The maximum atomic E-state index is 11.9. The van der Waals surface area contributed by atoms with Crippen molar-refractivity contribution in [2.45, 2.75) is 45.8 Å². The maximum absolute atomic E-state index is 11.9. The summed E-state index contributed by atoms with van der Waals surface area (Å²) in [4.78, 5) is 20.9. The van der Waals surface area contributed by atoms with Crippen molar-refractivity contribution in [3.8, 4) is 0 Å². The first-order valence-corrected chi connectivity index (χ1v) is 10.4. The molecular weight excluding hydrogens is 356 g/mol. The number of benzene rings is 1. The molecule has 1 saturated heterocycles. The summed E-state index contributed by atoms with van der Waals surface area (Å²) < 4.78 is 0. The molecule has 27 heavy (non-hydrogen) atoms. The summed E-state index contributed by atoms with van der Waals surface area (Å²) in [5.74, 6) is 1.05. The number of hydrogen-bond donors (Lipinski definition) is 2. The molecule has 2 N–H and O–H groups in total. The molecule has 0 saturated carbocycles. The first-order valence-electron chi connectivity index (χ1n) is 9.56. The zero-order chi connectivity index (χ0) is 19.1. The Kier molecular flexibility index (Phi) is 6.87. The van der Waals surface area contributed by atoms with E-state index < -0.39 is 0 Å². The summed E-state index contributed by atoms with van der Waals surface area (Å²) in [7, 11) is 1.79. The molecule has 3 rings (SSSR count). The lowest BCUT2D eigenvalue weighted by atomic mass is 10.1. The van der Waals surface area contributed by atoms with Crippen LogP contribution >= 0.6 is 11.3 Å². The van der Waals surface area contributed by atoms with Crippen molar-refractivity contribution < 1.29 is 4.79 Å². The van der Waals surface area contributed by atoms with Crippen molar-refractivity contribution in [3.63, 3.8) is 0 Å². The van der Waals surface area contributed by atoms with E-state index in [-0.39, 0.29) is 5.91 Å². The lowest BCUT2D eigenvalue weighted by Crippen LogP contribution is -2.36. The minimum absolute atomic E-state index is 0.262. The molecule has 1 aromatic heterocycles. The number of aliphatic imine (C=N–C) groups is 1. The molecule has 1 amide bonds. The van der Waals surface area contributed by atoms with Crippen LogP contribution in [0.5, 0.6) is 0 Å². The molecule has 1 aromatic carbocycles. The van der Waals surface area contributed by atoms with Crippen LogP contribution in [-0.2, 0) is 30.8 Å². The molecule has 5 nitrogen and oxygen atoms in total. The number of guanidine groups is 1. The topological polar surface area (TPSA) is 56.7 Å². The summed E-state index contributed by atoms with van der Waals surface area (Å²) in [6.45, 7) is 5.19. The number of nitrogens with zero attached hydrogens (tertiary/aromatic N) is 2. The monoisotopic (exact) mass is 384 g/mol. The molecule has 0 unspecified atom stereocenters. The minimum atomic E-state index is 0.262. The van der Waals surface area contributed by atoms with Gasteiger partial charge < -0.3 is 15.5 Å². The second-order valence-electron chi connectivity index (χ2n) is 6.69. The Morgan fingerprint density at radius 2 is 1.85 bits per heavy atom. The van der Waals surface area contributed by atoms with Gasteiger partial charge in [-0.15, -0.1) is 11.3 Å². The highest BCUT2D eigenvalue weighted by Crippen LogP contribution is 2.18. The fourth-order valence-electron chi connectivity index (χ4n) is 3.24. The molecule has 1 fully saturated rings. The van der Waals surface area contributed by atoms with Crippen LogP contribution in [0.25, 0.3) is 0 Å². The van der Waals surface area contributed by atoms with Gasteiger partial charge in [0.1, 0.15) is 0 Å². The van der Waals surface area contributed by atoms with Crippen molar-refractivity contribution in [1.29, 1.82) is 0 Å². The molecule has 1 aliphatic heterocycles. The van der Waals surface area contributed by atoms with E-state index in [1.165, 1.54) is 20.9 Å². The van der Waals surface area contributed by atoms with E-state index in [2.05, 4.69) is 46.8 Å². The van der Waals surface area contributed by atoms with Crippen molar-refractivity contribution >= 4 is 23.2 Å². The van der Waals surface area contributed by atoms with Crippen molar-refractivity contribution in [3.05, 3.63) is 57.3 Å². The van der Waals surface area contributed by atoms with E-state index in [0.717, 1.165) is 31.9 Å². The van der Waals surface area contributed by atoms with E-state index >= 15 is 0 Å². The first-order chi connectivity index (χ1) is 13.2. The fraction of sp³-hybridized carbons (Fsp3) is 0.429. The van der Waals surface area contributed by atoms with Crippen LogP contribution in [0.15, 0.2) is 41.4 Å². The summed E-state index contributed by atoms with van der Waals surface area (Å²) in [6, 6.07) is 12.7. The number of hydrogen-bond acceptors (Lipinski definition) is 3. The van der Waals surface area contributed by atoms with Crippen molar-refractivity contribution in [2.75, 3.05) is 13.6 Å². The molecule has 0 radical (unpaired) electrons. The van der Waals surface area contributed by atoms with E-state index in [1.54, 1.807) is 7.05 Å². The lowest BCUT2D eigenvalue weighted by Gasteiger charge is -2.19. The number of carbonyl (C=O) groups excluding carboxylic acids is 1. The summed E-state index contributed by atoms with van der Waals surface area (Å²) >= 11 is 1.84. The molecule has 0 atom stereocenters. The predicted molar refractivity (Wildman–Crippen MR) is 112 cm³/mol. The number of rotatable bonds is 7. The van der Waals surface area contributed by atoms with Crippen LogP contribution in [0.1, 0.15) is 40.6 Å². The van der Waals surface area contributed by atoms with Gasteiger partial charge in [-0.25, -0.2) is 0 Å². The second kappa shape index (κ2) is 9.55. The van der Waals surface area contributed by atoms with Gasteiger partial charge in [0, 0.05) is 42.9 Å². The SMILES string of the molecule is CCc1ccc(CNC(=NC)NCc2ccccc2CN2CCCC2=O)s1. The number of aryl methyl sites for hydroxylation is 1. The van der Waals surface area contributed by atoms with Gasteiger partial charge in [-0.1, -0.05) is 31.2 Å². The maximum Gasteiger partial charge on any atom is 0.222 e. The van der Waals surface area contributed by atoms with Gasteiger partial charge in [0.15, 0.2) is 5.96 Å². The summed E-state index contributed by atoms with van der Waals surface area (Å²) in [6.07, 6.45) is 2.73. The van der Waals surface area contributed by atoms with Crippen LogP contribution < -0.4 is 10.6 Å². The van der Waals surface area contributed by atoms with E-state index in [1.807, 2.05) is 28.4 Å². The third-order valence-electron chi connectivity index (χ3n) is 4.82. The van der Waals surface area contributed by atoms with Crippen LogP contribution in [-0.4, -0.2) is 30.4 Å². The average Bonchev–Trinajstić information content (AvgIpc) is 3.32. The Morgan fingerprint density at radius 1 is 1.11 bits per heavy atom. The van der Waals surface area contributed by atoms with Gasteiger partial charge in [-0.2, -0.15) is 0 Å². The Balaban J connectivity index is 1.55. The first kappa shape index (κ1) is 19.4. The average molecular weight is 385 g/mol. The van der Waals surface area contributed by atoms with Gasteiger partial charge in [-0.05, 0) is 36.1 Å². The molecule has 1 aliphatic rings. The van der Waals surface area contributed by atoms with Gasteiger partial charge in [0.25, 0.3) is 0 Å². The molecule has 0 spiro atoms. The Morgan fingerprint density at radius 3 is 2.52 bits per heavy atom. The Labute approximate surface area is 165 Å². The summed E-state index contributed by atoms with van der Waals surface area (Å²) in [5.41, 5.74) is 2.39. The minimum Gasteiger partial charge on any atom is -0.352 e. The smallest absolute Gasteiger partial charge is 0.222 e. The highest BCUT2D eigenvalue weighted by molar-refractivity contribution is 7.11. The highest BCUT2D eigenvalue weighted by Gasteiger charge is 2.20.